The van der Waals surface area contributed by atoms with Crippen LogP contribution < -0.4 is 4.74 Å². The average molecular weight is 275 g/mol. The average Bonchev–Trinajstić information content (AvgIpc) is 2.25. The number of rotatable bonds is 2. The highest BCUT2D eigenvalue weighted by atomic mass is 79.9. The summed E-state index contributed by atoms with van der Waals surface area (Å²) in [6, 6.07) is 4.67. The molecular weight excluding hydrogens is 263 g/mol. The molecule has 0 radical (unpaired) electrons. The fourth-order valence-electron chi connectivity index (χ4n) is 1.55. The standard InChI is InChI=1S/C11H12BrFO2/c12-10-6-8(3-4-11(10)13)15-9-2-1-5-14-7-9/h3-4,6,9H,1-2,5,7H2. The highest BCUT2D eigenvalue weighted by molar-refractivity contribution is 9.10. The third-order valence-electron chi connectivity index (χ3n) is 2.31. The SMILES string of the molecule is Fc1ccc(OC2CCCOC2)cc1Br. The Morgan fingerprint density at radius 2 is 2.33 bits per heavy atom. The molecule has 1 aliphatic heterocycles. The topological polar surface area (TPSA) is 18.5 Å². The van der Waals surface area contributed by atoms with E-state index in [1.807, 2.05) is 0 Å². The van der Waals surface area contributed by atoms with Crippen molar-refractivity contribution < 1.29 is 13.9 Å². The molecule has 2 rings (SSSR count). The zero-order valence-electron chi connectivity index (χ0n) is 8.21. The van der Waals surface area contributed by atoms with Gasteiger partial charge >= 0.3 is 0 Å². The van der Waals surface area contributed by atoms with Crippen LogP contribution in [0, 0.1) is 5.82 Å². The molecule has 0 saturated carbocycles. The first-order chi connectivity index (χ1) is 7.25. The van der Waals surface area contributed by atoms with E-state index in [1.165, 1.54) is 6.07 Å². The lowest BCUT2D eigenvalue weighted by Gasteiger charge is -2.23. The second-order valence-corrected chi connectivity index (χ2v) is 4.39. The van der Waals surface area contributed by atoms with E-state index in [2.05, 4.69) is 15.9 Å². The maximum absolute atomic E-state index is 13.0. The van der Waals surface area contributed by atoms with Gasteiger partial charge in [-0.05, 0) is 47.0 Å². The normalized spacial score (nSPS) is 21.3. The molecule has 0 amide bonds. The van der Waals surface area contributed by atoms with Crippen molar-refractivity contribution in [1.29, 1.82) is 0 Å². The lowest BCUT2D eigenvalue weighted by molar-refractivity contribution is 0.00737. The zero-order valence-corrected chi connectivity index (χ0v) is 9.80. The van der Waals surface area contributed by atoms with E-state index < -0.39 is 0 Å². The van der Waals surface area contributed by atoms with Crippen LogP contribution >= 0.6 is 15.9 Å². The van der Waals surface area contributed by atoms with E-state index in [0.29, 0.717) is 16.8 Å². The molecule has 0 aromatic heterocycles. The molecule has 0 N–H and O–H groups in total. The molecular formula is C11H12BrFO2. The molecule has 1 saturated heterocycles. The largest absolute Gasteiger partial charge is 0.488 e. The van der Waals surface area contributed by atoms with Crippen LogP contribution in [0.4, 0.5) is 4.39 Å². The predicted octanol–water partition coefficient (Wildman–Crippen LogP) is 3.15. The molecule has 0 spiro atoms. The summed E-state index contributed by atoms with van der Waals surface area (Å²) in [6.07, 6.45) is 2.11. The fraction of sp³-hybridized carbons (Fsp3) is 0.455. The first-order valence-electron chi connectivity index (χ1n) is 4.95. The molecule has 4 heteroatoms. The maximum atomic E-state index is 13.0. The Morgan fingerprint density at radius 1 is 1.47 bits per heavy atom. The molecule has 1 atom stereocenters. The smallest absolute Gasteiger partial charge is 0.137 e. The summed E-state index contributed by atoms with van der Waals surface area (Å²) >= 11 is 3.12. The number of hydrogen-bond donors (Lipinski definition) is 0. The van der Waals surface area contributed by atoms with Crippen molar-refractivity contribution in [2.75, 3.05) is 13.2 Å². The third-order valence-corrected chi connectivity index (χ3v) is 2.92. The fourth-order valence-corrected chi connectivity index (χ4v) is 1.90. The van der Waals surface area contributed by atoms with Gasteiger partial charge in [-0.1, -0.05) is 0 Å². The summed E-state index contributed by atoms with van der Waals surface area (Å²) in [5, 5.41) is 0. The minimum atomic E-state index is -0.276. The highest BCUT2D eigenvalue weighted by Crippen LogP contribution is 2.23. The van der Waals surface area contributed by atoms with Gasteiger partial charge in [-0.15, -0.1) is 0 Å². The monoisotopic (exact) mass is 274 g/mol. The van der Waals surface area contributed by atoms with E-state index in [9.17, 15) is 4.39 Å². The van der Waals surface area contributed by atoms with Crippen LogP contribution in [0.5, 0.6) is 5.75 Å². The van der Waals surface area contributed by atoms with E-state index in [-0.39, 0.29) is 11.9 Å². The molecule has 1 heterocycles. The van der Waals surface area contributed by atoms with E-state index in [1.54, 1.807) is 12.1 Å². The van der Waals surface area contributed by atoms with Gasteiger partial charge in [-0.3, -0.25) is 0 Å². The number of ether oxygens (including phenoxy) is 2. The summed E-state index contributed by atoms with van der Waals surface area (Å²) < 4.78 is 24.3. The summed E-state index contributed by atoms with van der Waals surface area (Å²) in [6.45, 7) is 1.43. The van der Waals surface area contributed by atoms with Crippen LogP contribution in [0.15, 0.2) is 22.7 Å². The lowest BCUT2D eigenvalue weighted by Crippen LogP contribution is -2.27. The van der Waals surface area contributed by atoms with Gasteiger partial charge in [0, 0.05) is 6.61 Å². The Balaban J connectivity index is 2.00. The van der Waals surface area contributed by atoms with Crippen molar-refractivity contribution in [2.24, 2.45) is 0 Å². The van der Waals surface area contributed by atoms with Crippen molar-refractivity contribution in [3.05, 3.63) is 28.5 Å². The first-order valence-corrected chi connectivity index (χ1v) is 5.74. The van der Waals surface area contributed by atoms with Gasteiger partial charge in [0.1, 0.15) is 17.7 Å². The summed E-state index contributed by atoms with van der Waals surface area (Å²) in [7, 11) is 0. The van der Waals surface area contributed by atoms with Crippen LogP contribution in [0.3, 0.4) is 0 Å². The molecule has 1 unspecified atom stereocenters. The van der Waals surface area contributed by atoms with Crippen molar-refractivity contribution in [3.8, 4) is 5.75 Å². The minimum Gasteiger partial charge on any atom is -0.488 e. The Bertz CT molecular complexity index is 337. The predicted molar refractivity (Wildman–Crippen MR) is 58.6 cm³/mol. The van der Waals surface area contributed by atoms with Crippen molar-refractivity contribution >= 4 is 15.9 Å². The van der Waals surface area contributed by atoms with Crippen LogP contribution in [-0.2, 0) is 4.74 Å². The van der Waals surface area contributed by atoms with Crippen LogP contribution in [0.1, 0.15) is 12.8 Å². The molecule has 0 aliphatic carbocycles. The molecule has 15 heavy (non-hydrogen) atoms. The summed E-state index contributed by atoms with van der Waals surface area (Å²) in [4.78, 5) is 0. The Labute approximate surface area is 96.5 Å². The molecule has 82 valence electrons. The van der Waals surface area contributed by atoms with Crippen LogP contribution in [-0.4, -0.2) is 19.3 Å². The quantitative estimate of drug-likeness (QED) is 0.825. The van der Waals surface area contributed by atoms with Crippen molar-refractivity contribution in [2.45, 2.75) is 18.9 Å². The van der Waals surface area contributed by atoms with Gasteiger partial charge in [0.05, 0.1) is 11.1 Å². The Morgan fingerprint density at radius 3 is 3.00 bits per heavy atom. The van der Waals surface area contributed by atoms with E-state index in [0.717, 1.165) is 19.4 Å². The summed E-state index contributed by atoms with van der Waals surface area (Å²) in [5.74, 6) is 0.404. The minimum absolute atomic E-state index is 0.0936. The van der Waals surface area contributed by atoms with Crippen LogP contribution in [0.2, 0.25) is 0 Å². The number of hydrogen-bond acceptors (Lipinski definition) is 2. The molecule has 1 aliphatic rings. The summed E-state index contributed by atoms with van der Waals surface area (Å²) in [5.41, 5.74) is 0. The van der Waals surface area contributed by atoms with Gasteiger partial charge in [-0.2, -0.15) is 0 Å². The van der Waals surface area contributed by atoms with Gasteiger partial charge in [0.25, 0.3) is 0 Å². The van der Waals surface area contributed by atoms with Crippen molar-refractivity contribution in [1.82, 2.24) is 0 Å². The van der Waals surface area contributed by atoms with Gasteiger partial charge in [-0.25, -0.2) is 4.39 Å². The zero-order chi connectivity index (χ0) is 10.7. The molecule has 1 fully saturated rings. The van der Waals surface area contributed by atoms with Crippen molar-refractivity contribution in [3.63, 3.8) is 0 Å². The first kappa shape index (κ1) is 10.9. The maximum Gasteiger partial charge on any atom is 0.137 e. The molecule has 1 aromatic carbocycles. The second-order valence-electron chi connectivity index (χ2n) is 3.53. The Hall–Kier alpha value is -0.610. The van der Waals surface area contributed by atoms with Gasteiger partial charge in [0.15, 0.2) is 0 Å². The van der Waals surface area contributed by atoms with Crippen LogP contribution in [0.25, 0.3) is 0 Å². The Kier molecular flexibility index (Phi) is 3.59. The van der Waals surface area contributed by atoms with E-state index >= 15 is 0 Å². The number of benzene rings is 1. The van der Waals surface area contributed by atoms with E-state index in [4.69, 9.17) is 9.47 Å². The lowest BCUT2D eigenvalue weighted by atomic mass is 10.2. The molecule has 2 nitrogen and oxygen atoms in total. The second kappa shape index (κ2) is 4.94. The molecule has 1 aromatic rings. The molecule has 0 bridgehead atoms. The van der Waals surface area contributed by atoms with Gasteiger partial charge in [0.2, 0.25) is 0 Å². The van der Waals surface area contributed by atoms with Gasteiger partial charge < -0.3 is 9.47 Å². The highest BCUT2D eigenvalue weighted by Gasteiger charge is 2.15. The number of halogens is 2. The third kappa shape index (κ3) is 2.92.